The number of nitrogens with zero attached hydrogens (tertiary/aromatic N) is 10. The van der Waals surface area contributed by atoms with Crippen LogP contribution in [0.1, 0.15) is 11.6 Å². The predicted molar refractivity (Wildman–Crippen MR) is 60.1 cm³/mol. The summed E-state index contributed by atoms with van der Waals surface area (Å²) in [6.07, 6.45) is 1.64. The van der Waals surface area contributed by atoms with E-state index in [2.05, 4.69) is 30.5 Å². The molecular formula is C6H2N10O6. The van der Waals surface area contributed by atoms with Gasteiger partial charge < -0.3 is 29.9 Å². The molecule has 2 aromatic heterocycles. The highest BCUT2D eigenvalue weighted by molar-refractivity contribution is 5.96. The fourth-order valence-corrected chi connectivity index (χ4v) is 1.23. The maximum Gasteiger partial charge on any atom is 0.363 e. The first kappa shape index (κ1) is 13.0. The molecule has 0 atom stereocenters. The standard InChI is InChI=1S/C6H2N10O6/c17-15(18)13-1-7-3(9-13)5-11-22-6(12-21-5)4-8-2-14(10-4)16(19)20/h1-2H. The Morgan fingerprint density at radius 3 is 1.55 bits per heavy atom. The van der Waals surface area contributed by atoms with Crippen LogP contribution in [-0.2, 0) is 9.68 Å². The van der Waals surface area contributed by atoms with E-state index in [0.29, 0.717) is 9.58 Å². The monoisotopic (exact) mass is 310 g/mol. The third kappa shape index (κ3) is 2.26. The first-order valence-corrected chi connectivity index (χ1v) is 5.18. The van der Waals surface area contributed by atoms with Crippen molar-refractivity contribution < 1.29 is 19.7 Å². The SMILES string of the molecule is O=[N+]([O-])n1cnc(C2=NOC(c3ncn([N+](=O)[O-])n3)=NO2)n1. The zero-order valence-electron chi connectivity index (χ0n) is 10.1. The summed E-state index contributed by atoms with van der Waals surface area (Å²) < 4.78 is 0. The van der Waals surface area contributed by atoms with E-state index in [1.54, 1.807) is 0 Å². The van der Waals surface area contributed by atoms with Crippen molar-refractivity contribution in [3.8, 4) is 0 Å². The summed E-state index contributed by atoms with van der Waals surface area (Å²) in [5, 5.41) is 33.0. The Kier molecular flexibility index (Phi) is 2.87. The highest BCUT2D eigenvalue weighted by atomic mass is 16.7. The molecule has 22 heavy (non-hydrogen) atoms. The van der Waals surface area contributed by atoms with Crippen LogP contribution in [0, 0.1) is 20.2 Å². The predicted octanol–water partition coefficient (Wildman–Crippen LogP) is -1.98. The van der Waals surface area contributed by atoms with Gasteiger partial charge in [-0.15, -0.1) is 0 Å². The van der Waals surface area contributed by atoms with Gasteiger partial charge in [-0.25, -0.2) is 0 Å². The van der Waals surface area contributed by atoms with E-state index in [9.17, 15) is 20.2 Å². The fourth-order valence-electron chi connectivity index (χ4n) is 1.23. The van der Waals surface area contributed by atoms with Gasteiger partial charge in [0.25, 0.3) is 0 Å². The molecule has 3 heterocycles. The average molecular weight is 310 g/mol. The van der Waals surface area contributed by atoms with Gasteiger partial charge in [0.15, 0.2) is 12.7 Å². The number of aromatic nitrogens is 6. The third-order valence-corrected chi connectivity index (χ3v) is 2.11. The van der Waals surface area contributed by atoms with E-state index >= 15 is 0 Å². The fraction of sp³-hybridized carbons (Fsp3) is 0. The lowest BCUT2D eigenvalue weighted by Crippen LogP contribution is -2.19. The average Bonchev–Trinajstić information content (AvgIpc) is 3.17. The van der Waals surface area contributed by atoms with Gasteiger partial charge in [-0.3, -0.25) is 0 Å². The van der Waals surface area contributed by atoms with Crippen LogP contribution in [0.25, 0.3) is 0 Å². The molecule has 0 saturated heterocycles. The van der Waals surface area contributed by atoms with Gasteiger partial charge in [-0.2, -0.15) is 9.97 Å². The van der Waals surface area contributed by atoms with Crippen LogP contribution in [0.15, 0.2) is 23.0 Å². The van der Waals surface area contributed by atoms with Crippen LogP contribution in [-0.4, -0.2) is 51.6 Å². The van der Waals surface area contributed by atoms with Crippen molar-refractivity contribution in [2.45, 2.75) is 0 Å². The van der Waals surface area contributed by atoms with E-state index < -0.39 is 10.1 Å². The minimum Gasteiger partial charge on any atom is -0.339 e. The Morgan fingerprint density at radius 1 is 0.864 bits per heavy atom. The minimum atomic E-state index is -0.830. The van der Waals surface area contributed by atoms with Gasteiger partial charge in [0.1, 0.15) is 0 Å². The normalized spacial score (nSPS) is 13.6. The molecular weight excluding hydrogens is 308 g/mol. The first-order valence-electron chi connectivity index (χ1n) is 5.18. The molecule has 0 amide bonds. The largest absolute Gasteiger partial charge is 0.363 e. The van der Waals surface area contributed by atoms with Crippen molar-refractivity contribution >= 4 is 11.8 Å². The van der Waals surface area contributed by atoms with Crippen LogP contribution >= 0.6 is 0 Å². The van der Waals surface area contributed by atoms with Crippen molar-refractivity contribution in [3.05, 3.63) is 44.5 Å². The molecule has 0 radical (unpaired) electrons. The van der Waals surface area contributed by atoms with Crippen molar-refractivity contribution in [3.63, 3.8) is 0 Å². The number of nitro groups is 2. The summed E-state index contributed by atoms with van der Waals surface area (Å²) in [5.41, 5.74) is 0. The molecule has 16 nitrogen and oxygen atoms in total. The molecule has 1 aliphatic rings. The molecule has 16 heteroatoms. The summed E-state index contributed by atoms with van der Waals surface area (Å²) in [5.74, 6) is -1.19. The lowest BCUT2D eigenvalue weighted by Gasteiger charge is -2.03. The summed E-state index contributed by atoms with van der Waals surface area (Å²) in [6, 6.07) is 0. The molecule has 0 saturated carbocycles. The zero-order chi connectivity index (χ0) is 15.7. The van der Waals surface area contributed by atoms with E-state index in [4.69, 9.17) is 9.68 Å². The van der Waals surface area contributed by atoms with E-state index in [1.807, 2.05) is 0 Å². The minimum absolute atomic E-state index is 0.247. The Bertz CT molecular complexity index is 749. The Balaban J connectivity index is 1.75. The molecule has 0 aliphatic carbocycles. The van der Waals surface area contributed by atoms with Crippen molar-refractivity contribution in [1.29, 1.82) is 0 Å². The molecule has 0 unspecified atom stereocenters. The molecule has 0 N–H and O–H groups in total. The van der Waals surface area contributed by atoms with E-state index in [0.717, 1.165) is 12.7 Å². The van der Waals surface area contributed by atoms with E-state index in [1.165, 1.54) is 0 Å². The summed E-state index contributed by atoms with van der Waals surface area (Å²) in [4.78, 5) is 38.3. The maximum absolute atomic E-state index is 10.4. The second kappa shape index (κ2) is 4.85. The number of hydrogen-bond donors (Lipinski definition) is 0. The van der Waals surface area contributed by atoms with Crippen LogP contribution in [0.4, 0.5) is 0 Å². The van der Waals surface area contributed by atoms with Gasteiger partial charge in [0.05, 0.1) is 20.3 Å². The van der Waals surface area contributed by atoms with Crippen molar-refractivity contribution in [2.24, 2.45) is 10.3 Å². The molecule has 1 aliphatic heterocycles. The van der Waals surface area contributed by atoms with Gasteiger partial charge in [0, 0.05) is 9.58 Å². The smallest absolute Gasteiger partial charge is 0.339 e. The molecule has 0 fully saturated rings. The highest BCUT2D eigenvalue weighted by Crippen LogP contribution is 2.07. The molecule has 2 aromatic rings. The zero-order valence-corrected chi connectivity index (χ0v) is 10.1. The number of oxime groups is 2. The van der Waals surface area contributed by atoms with Gasteiger partial charge in [0.2, 0.25) is 0 Å². The molecule has 0 spiro atoms. The summed E-state index contributed by atoms with van der Waals surface area (Å²) in [7, 11) is 0. The Morgan fingerprint density at radius 2 is 1.27 bits per heavy atom. The Hall–Kier alpha value is -3.98. The van der Waals surface area contributed by atoms with Crippen molar-refractivity contribution in [2.75, 3.05) is 0 Å². The maximum atomic E-state index is 10.4. The lowest BCUT2D eigenvalue weighted by atomic mass is 10.6. The molecule has 0 aromatic carbocycles. The first-order chi connectivity index (χ1) is 10.5. The summed E-state index contributed by atoms with van der Waals surface area (Å²) >= 11 is 0. The van der Waals surface area contributed by atoms with Crippen LogP contribution in [0.3, 0.4) is 0 Å². The second-order valence-electron chi connectivity index (χ2n) is 3.43. The number of rotatable bonds is 4. The van der Waals surface area contributed by atoms with Gasteiger partial charge >= 0.3 is 23.4 Å². The second-order valence-corrected chi connectivity index (χ2v) is 3.43. The topological polar surface area (TPSA) is 191 Å². The Labute approximate surface area is 117 Å². The van der Waals surface area contributed by atoms with Gasteiger partial charge in [-0.05, 0) is 10.3 Å². The third-order valence-electron chi connectivity index (χ3n) is 2.11. The van der Waals surface area contributed by atoms with Crippen LogP contribution in [0.5, 0.6) is 0 Å². The quantitative estimate of drug-likeness (QED) is 0.451. The molecule has 112 valence electrons. The van der Waals surface area contributed by atoms with E-state index in [-0.39, 0.29) is 23.4 Å². The molecule has 3 rings (SSSR count). The number of hydrogen-bond acceptors (Lipinski definition) is 12. The van der Waals surface area contributed by atoms with Crippen LogP contribution in [0.2, 0.25) is 0 Å². The highest BCUT2D eigenvalue weighted by Gasteiger charge is 2.29. The van der Waals surface area contributed by atoms with Gasteiger partial charge in [-0.1, -0.05) is 0 Å². The molecule has 0 bridgehead atoms. The van der Waals surface area contributed by atoms with Crippen molar-refractivity contribution in [1.82, 2.24) is 29.7 Å². The summed E-state index contributed by atoms with van der Waals surface area (Å²) in [6.45, 7) is 0. The lowest BCUT2D eigenvalue weighted by molar-refractivity contribution is -0.553. The van der Waals surface area contributed by atoms with Crippen LogP contribution < -0.4 is 0 Å².